The molecule has 140 valence electrons. The lowest BCUT2D eigenvalue weighted by molar-refractivity contribution is -0.134. The van der Waals surface area contributed by atoms with Gasteiger partial charge in [0.2, 0.25) is 5.91 Å². The predicted octanol–water partition coefficient (Wildman–Crippen LogP) is 2.48. The predicted molar refractivity (Wildman–Crippen MR) is 103 cm³/mol. The van der Waals surface area contributed by atoms with Crippen LogP contribution in [0, 0.1) is 11.8 Å². The van der Waals surface area contributed by atoms with E-state index in [0.29, 0.717) is 44.4 Å². The number of carbonyl (C=O) groups is 2. The van der Waals surface area contributed by atoms with Gasteiger partial charge in [-0.15, -0.1) is 23.7 Å². The Labute approximate surface area is 160 Å². The van der Waals surface area contributed by atoms with Gasteiger partial charge in [-0.25, -0.2) is 0 Å². The number of hydrogen-bond donors (Lipinski definition) is 1. The number of nitrogens with zero attached hydrogens (tertiary/aromatic N) is 2. The average Bonchev–Trinajstić information content (AvgIpc) is 3.16. The van der Waals surface area contributed by atoms with Crippen molar-refractivity contribution >= 4 is 35.6 Å². The van der Waals surface area contributed by atoms with E-state index >= 15 is 0 Å². The number of hydrogen-bond acceptors (Lipinski definition) is 4. The molecule has 2 aliphatic heterocycles. The van der Waals surface area contributed by atoms with Crippen LogP contribution in [0.4, 0.5) is 0 Å². The zero-order valence-electron chi connectivity index (χ0n) is 14.8. The van der Waals surface area contributed by atoms with Crippen LogP contribution in [0.2, 0.25) is 0 Å². The van der Waals surface area contributed by atoms with Crippen molar-refractivity contribution in [2.24, 2.45) is 11.8 Å². The Balaban J connectivity index is 0.00000225. The Hall–Kier alpha value is -1.11. The van der Waals surface area contributed by atoms with Crippen molar-refractivity contribution in [1.29, 1.82) is 0 Å². The van der Waals surface area contributed by atoms with E-state index in [0.717, 1.165) is 18.0 Å². The zero-order valence-corrected chi connectivity index (χ0v) is 16.4. The molecular weight excluding hydrogens is 358 g/mol. The number of piperazine rings is 1. The SMILES string of the molecule is CC(CC(=O)N1CCN(C(=O)c2cccs2)CC1)C1CCCNC1.Cl. The number of halogens is 1. The second-order valence-corrected chi connectivity index (χ2v) is 7.89. The minimum atomic E-state index is 0. The van der Waals surface area contributed by atoms with Crippen molar-refractivity contribution < 1.29 is 9.59 Å². The third kappa shape index (κ3) is 5.19. The summed E-state index contributed by atoms with van der Waals surface area (Å²) >= 11 is 1.48. The molecule has 7 heteroatoms. The number of nitrogens with one attached hydrogen (secondary N) is 1. The van der Waals surface area contributed by atoms with Crippen LogP contribution in [0.25, 0.3) is 0 Å². The van der Waals surface area contributed by atoms with Gasteiger partial charge in [-0.3, -0.25) is 9.59 Å². The molecule has 5 nitrogen and oxygen atoms in total. The highest BCUT2D eigenvalue weighted by atomic mass is 35.5. The summed E-state index contributed by atoms with van der Waals surface area (Å²) in [7, 11) is 0. The van der Waals surface area contributed by atoms with E-state index in [2.05, 4.69) is 12.2 Å². The maximum Gasteiger partial charge on any atom is 0.264 e. The molecule has 1 aromatic heterocycles. The maximum atomic E-state index is 12.6. The standard InChI is InChI=1S/C18H27N3O2S.ClH/c1-14(15-4-2-6-19-13-15)12-17(22)20-7-9-21(10-8-20)18(23)16-5-3-11-24-16;/h3,5,11,14-15,19H,2,4,6-10,12-13H2,1H3;1H. The summed E-state index contributed by atoms with van der Waals surface area (Å²) in [6.45, 7) is 6.95. The molecule has 25 heavy (non-hydrogen) atoms. The molecule has 2 atom stereocenters. The number of piperidine rings is 1. The van der Waals surface area contributed by atoms with Crippen molar-refractivity contribution in [3.63, 3.8) is 0 Å². The van der Waals surface area contributed by atoms with E-state index in [1.165, 1.54) is 24.2 Å². The summed E-state index contributed by atoms with van der Waals surface area (Å²) in [5.74, 6) is 1.38. The Morgan fingerprint density at radius 3 is 2.60 bits per heavy atom. The van der Waals surface area contributed by atoms with E-state index < -0.39 is 0 Å². The van der Waals surface area contributed by atoms with Crippen LogP contribution in [0.3, 0.4) is 0 Å². The normalized spacial score (nSPS) is 22.2. The molecule has 1 N–H and O–H groups in total. The van der Waals surface area contributed by atoms with E-state index in [9.17, 15) is 9.59 Å². The summed E-state index contributed by atoms with van der Waals surface area (Å²) in [6, 6.07) is 3.77. The smallest absolute Gasteiger partial charge is 0.264 e. The van der Waals surface area contributed by atoms with Crippen molar-refractivity contribution in [2.45, 2.75) is 26.2 Å². The van der Waals surface area contributed by atoms with Crippen molar-refractivity contribution in [3.05, 3.63) is 22.4 Å². The minimum Gasteiger partial charge on any atom is -0.339 e. The molecule has 0 bridgehead atoms. The van der Waals surface area contributed by atoms with Gasteiger partial charge in [-0.2, -0.15) is 0 Å². The molecule has 2 amide bonds. The Bertz CT molecular complexity index is 553. The van der Waals surface area contributed by atoms with Crippen LogP contribution < -0.4 is 5.32 Å². The molecule has 0 spiro atoms. The molecule has 2 saturated heterocycles. The van der Waals surface area contributed by atoms with Gasteiger partial charge in [0.05, 0.1) is 4.88 Å². The minimum absolute atomic E-state index is 0. The lowest BCUT2D eigenvalue weighted by atomic mass is 9.85. The lowest BCUT2D eigenvalue weighted by Gasteiger charge is -2.36. The summed E-state index contributed by atoms with van der Waals surface area (Å²) in [4.78, 5) is 29.5. The topological polar surface area (TPSA) is 52.7 Å². The van der Waals surface area contributed by atoms with E-state index in [4.69, 9.17) is 0 Å². The Morgan fingerprint density at radius 1 is 1.28 bits per heavy atom. The Morgan fingerprint density at radius 2 is 2.00 bits per heavy atom. The fraction of sp³-hybridized carbons (Fsp3) is 0.667. The number of thiophene rings is 1. The van der Waals surface area contributed by atoms with Crippen molar-refractivity contribution in [1.82, 2.24) is 15.1 Å². The molecule has 2 fully saturated rings. The first-order valence-corrected chi connectivity index (χ1v) is 9.84. The maximum absolute atomic E-state index is 12.6. The average molecular weight is 386 g/mol. The molecule has 3 rings (SSSR count). The number of amides is 2. The van der Waals surface area contributed by atoms with Crippen LogP contribution in [-0.4, -0.2) is 60.9 Å². The molecule has 0 saturated carbocycles. The third-order valence-corrected chi connectivity index (χ3v) is 6.15. The highest BCUT2D eigenvalue weighted by Crippen LogP contribution is 2.23. The monoisotopic (exact) mass is 385 g/mol. The zero-order chi connectivity index (χ0) is 16.9. The summed E-state index contributed by atoms with van der Waals surface area (Å²) < 4.78 is 0. The van der Waals surface area contributed by atoms with Crippen LogP contribution in [0.1, 0.15) is 35.9 Å². The fourth-order valence-corrected chi connectivity index (χ4v) is 4.34. The molecule has 2 aliphatic rings. The molecule has 1 aromatic rings. The number of carbonyl (C=O) groups excluding carboxylic acids is 2. The van der Waals surface area contributed by atoms with Crippen molar-refractivity contribution in [3.8, 4) is 0 Å². The molecule has 2 unspecified atom stereocenters. The first-order chi connectivity index (χ1) is 11.6. The summed E-state index contributed by atoms with van der Waals surface area (Å²) in [5.41, 5.74) is 0. The fourth-order valence-electron chi connectivity index (χ4n) is 3.65. The quantitative estimate of drug-likeness (QED) is 0.866. The lowest BCUT2D eigenvalue weighted by Crippen LogP contribution is -2.51. The van der Waals surface area contributed by atoms with Gasteiger partial charge in [0.15, 0.2) is 0 Å². The molecule has 0 aliphatic carbocycles. The summed E-state index contributed by atoms with van der Waals surface area (Å²) in [5, 5.41) is 5.36. The van der Waals surface area contributed by atoms with Crippen molar-refractivity contribution in [2.75, 3.05) is 39.3 Å². The van der Waals surface area contributed by atoms with E-state index in [-0.39, 0.29) is 24.2 Å². The van der Waals surface area contributed by atoms with E-state index in [1.54, 1.807) is 0 Å². The highest BCUT2D eigenvalue weighted by molar-refractivity contribution is 7.12. The second kappa shape index (κ2) is 9.55. The molecule has 0 aromatic carbocycles. The van der Waals surface area contributed by atoms with Gasteiger partial charge < -0.3 is 15.1 Å². The van der Waals surface area contributed by atoms with Gasteiger partial charge in [0.1, 0.15) is 0 Å². The Kier molecular flexibility index (Phi) is 7.72. The highest BCUT2D eigenvalue weighted by Gasteiger charge is 2.28. The van der Waals surface area contributed by atoms with Crippen LogP contribution >= 0.6 is 23.7 Å². The third-order valence-electron chi connectivity index (χ3n) is 5.29. The number of rotatable bonds is 4. The second-order valence-electron chi connectivity index (χ2n) is 6.94. The molecule has 3 heterocycles. The molecular formula is C18H28ClN3O2S. The van der Waals surface area contributed by atoms with Crippen LogP contribution in [0.15, 0.2) is 17.5 Å². The summed E-state index contributed by atoms with van der Waals surface area (Å²) in [6.07, 6.45) is 3.07. The van der Waals surface area contributed by atoms with Gasteiger partial charge >= 0.3 is 0 Å². The van der Waals surface area contributed by atoms with Crippen LogP contribution in [-0.2, 0) is 4.79 Å². The first kappa shape index (κ1) is 20.2. The van der Waals surface area contributed by atoms with Gasteiger partial charge in [-0.1, -0.05) is 13.0 Å². The van der Waals surface area contributed by atoms with Gasteiger partial charge in [-0.05, 0) is 49.2 Å². The molecule has 0 radical (unpaired) electrons. The van der Waals surface area contributed by atoms with Gasteiger partial charge in [0, 0.05) is 32.6 Å². The van der Waals surface area contributed by atoms with E-state index in [1.807, 2.05) is 27.3 Å². The largest absolute Gasteiger partial charge is 0.339 e. The van der Waals surface area contributed by atoms with Gasteiger partial charge in [0.25, 0.3) is 5.91 Å². The first-order valence-electron chi connectivity index (χ1n) is 8.96. The van der Waals surface area contributed by atoms with Crippen LogP contribution in [0.5, 0.6) is 0 Å².